The Hall–Kier alpha value is -4.33. The Morgan fingerprint density at radius 2 is 0.740 bits per heavy atom. The van der Waals surface area contributed by atoms with Crippen LogP contribution in [0.3, 0.4) is 0 Å². The first-order valence-corrected chi connectivity index (χ1v) is 17.5. The van der Waals surface area contributed by atoms with Gasteiger partial charge in [-0.1, -0.05) is 60.7 Å². The van der Waals surface area contributed by atoms with E-state index in [0.29, 0.717) is 0 Å². The minimum atomic E-state index is -0.424. The molecule has 3 heterocycles. The van der Waals surface area contributed by atoms with Crippen molar-refractivity contribution in [3.05, 3.63) is 121 Å². The van der Waals surface area contributed by atoms with Crippen molar-refractivity contribution >= 4 is 64.0 Å². The highest BCUT2D eigenvalue weighted by Gasteiger charge is 2.52. The summed E-state index contributed by atoms with van der Waals surface area (Å²) in [5, 5.41) is 2.50. The molecule has 50 heavy (non-hydrogen) atoms. The Morgan fingerprint density at radius 3 is 1.10 bits per heavy atom. The highest BCUT2D eigenvalue weighted by atomic mass is 16.7. The standard InChI is InChI=1S/C42H44B2N2O4/c1-39(2)40(3,4)48-43(47-39)29-17-21-31(22-18-29)45(32-23-19-30(20-24-32)44-49-41(5,6)42(7,8)50-44)33-25-27-34(28-26-33)46-37-15-11-9-13-35(37)36-14-10-12-16-38(36)46/h9-28H,1-8H3. The number of benzene rings is 5. The SMILES string of the molecule is CC1(C)OB(c2ccc(N(c3ccc(B4OC(C)(C)C(C)(C)O4)cc3)c3ccc(-n4c5ccccc5c5ccccc54)cc3)cc2)OC1(C)C. The van der Waals surface area contributed by atoms with Crippen molar-refractivity contribution in [2.24, 2.45) is 0 Å². The lowest BCUT2D eigenvalue weighted by atomic mass is 9.79. The van der Waals surface area contributed by atoms with Gasteiger partial charge in [0.05, 0.1) is 33.4 Å². The maximum absolute atomic E-state index is 6.36. The van der Waals surface area contributed by atoms with Crippen molar-refractivity contribution in [3.63, 3.8) is 0 Å². The lowest BCUT2D eigenvalue weighted by molar-refractivity contribution is 0.00578. The maximum Gasteiger partial charge on any atom is 0.494 e. The quantitative estimate of drug-likeness (QED) is 0.167. The molecule has 1 aromatic heterocycles. The second-order valence-electron chi connectivity index (χ2n) is 15.6. The molecule has 0 bridgehead atoms. The van der Waals surface area contributed by atoms with Crippen molar-refractivity contribution in [3.8, 4) is 5.69 Å². The number of anilines is 3. The molecule has 0 unspecified atom stereocenters. The van der Waals surface area contributed by atoms with Crippen molar-refractivity contribution in [2.45, 2.75) is 77.8 Å². The fraction of sp³-hybridized carbons (Fsp3) is 0.286. The molecule has 0 aliphatic carbocycles. The number of hydrogen-bond acceptors (Lipinski definition) is 5. The van der Waals surface area contributed by atoms with Crippen LogP contribution >= 0.6 is 0 Å². The van der Waals surface area contributed by atoms with Crippen LogP contribution in [0.2, 0.25) is 0 Å². The van der Waals surface area contributed by atoms with Gasteiger partial charge in [-0.2, -0.15) is 0 Å². The molecular formula is C42H44B2N2O4. The molecule has 0 radical (unpaired) electrons. The van der Waals surface area contributed by atoms with Crippen LogP contribution < -0.4 is 15.8 Å². The molecule has 8 heteroatoms. The fourth-order valence-corrected chi connectivity index (χ4v) is 6.92. The van der Waals surface area contributed by atoms with Gasteiger partial charge in [-0.15, -0.1) is 0 Å². The molecule has 6 aromatic rings. The van der Waals surface area contributed by atoms with Gasteiger partial charge in [0.25, 0.3) is 0 Å². The number of fused-ring (bicyclic) bond motifs is 3. The second kappa shape index (κ2) is 11.6. The predicted molar refractivity (Wildman–Crippen MR) is 207 cm³/mol. The van der Waals surface area contributed by atoms with Gasteiger partial charge in [0.2, 0.25) is 0 Å². The van der Waals surface area contributed by atoms with Crippen LogP contribution in [0.4, 0.5) is 17.1 Å². The fourth-order valence-electron chi connectivity index (χ4n) is 6.92. The largest absolute Gasteiger partial charge is 0.494 e. The van der Waals surface area contributed by atoms with Gasteiger partial charge in [0.1, 0.15) is 0 Å². The number of hydrogen-bond donors (Lipinski definition) is 0. The normalized spacial score (nSPS) is 19.0. The van der Waals surface area contributed by atoms with Gasteiger partial charge in [-0.25, -0.2) is 0 Å². The summed E-state index contributed by atoms with van der Waals surface area (Å²) in [5.74, 6) is 0. The van der Waals surface area contributed by atoms with Crippen LogP contribution in [-0.4, -0.2) is 41.2 Å². The Labute approximate surface area is 296 Å². The third-order valence-electron chi connectivity index (χ3n) is 11.3. The third kappa shape index (κ3) is 5.37. The zero-order valence-corrected chi connectivity index (χ0v) is 30.2. The summed E-state index contributed by atoms with van der Waals surface area (Å²) in [5.41, 5.74) is 6.95. The molecule has 0 saturated carbocycles. The molecule has 2 aliphatic heterocycles. The molecule has 252 valence electrons. The molecule has 2 aliphatic rings. The van der Waals surface area contributed by atoms with Crippen LogP contribution in [-0.2, 0) is 18.6 Å². The van der Waals surface area contributed by atoms with Gasteiger partial charge in [-0.3, -0.25) is 0 Å². The maximum atomic E-state index is 6.36. The zero-order chi connectivity index (χ0) is 35.1. The van der Waals surface area contributed by atoms with Gasteiger partial charge in [0.15, 0.2) is 0 Å². The summed E-state index contributed by atoms with van der Waals surface area (Å²) in [4.78, 5) is 2.28. The summed E-state index contributed by atoms with van der Waals surface area (Å²) in [6.07, 6.45) is 0. The van der Waals surface area contributed by atoms with Gasteiger partial charge < -0.3 is 28.1 Å². The van der Waals surface area contributed by atoms with Crippen LogP contribution in [0.1, 0.15) is 55.4 Å². The molecule has 2 saturated heterocycles. The summed E-state index contributed by atoms with van der Waals surface area (Å²) < 4.78 is 27.8. The minimum absolute atomic E-state index is 0.403. The van der Waals surface area contributed by atoms with Crippen molar-refractivity contribution in [2.75, 3.05) is 4.90 Å². The molecule has 0 spiro atoms. The number of nitrogens with zero attached hydrogens (tertiary/aromatic N) is 2. The molecular weight excluding hydrogens is 618 g/mol. The highest BCUT2D eigenvalue weighted by Crippen LogP contribution is 2.40. The average molecular weight is 662 g/mol. The highest BCUT2D eigenvalue weighted by molar-refractivity contribution is 6.62. The molecule has 0 amide bonds. The summed E-state index contributed by atoms with van der Waals surface area (Å²) >= 11 is 0. The van der Waals surface area contributed by atoms with E-state index in [4.69, 9.17) is 18.6 Å². The first-order valence-electron chi connectivity index (χ1n) is 17.5. The summed E-state index contributed by atoms with van der Waals surface area (Å²) in [6, 6.07) is 43.0. The molecule has 2 fully saturated rings. The molecule has 5 aromatic carbocycles. The van der Waals surface area contributed by atoms with Crippen LogP contribution in [0, 0.1) is 0 Å². The minimum Gasteiger partial charge on any atom is -0.399 e. The van der Waals surface area contributed by atoms with Gasteiger partial charge in [-0.05, 0) is 127 Å². The summed E-state index contributed by atoms with van der Waals surface area (Å²) in [7, 11) is -0.848. The first kappa shape index (κ1) is 32.8. The molecule has 6 nitrogen and oxygen atoms in total. The van der Waals surface area contributed by atoms with E-state index in [9.17, 15) is 0 Å². The van der Waals surface area contributed by atoms with E-state index in [1.807, 2.05) is 0 Å². The van der Waals surface area contributed by atoms with E-state index < -0.39 is 36.6 Å². The van der Waals surface area contributed by atoms with E-state index in [-0.39, 0.29) is 0 Å². The molecule has 8 rings (SSSR count). The molecule has 0 N–H and O–H groups in total. The van der Waals surface area contributed by atoms with Crippen LogP contribution in [0.25, 0.3) is 27.5 Å². The zero-order valence-electron chi connectivity index (χ0n) is 30.2. The van der Waals surface area contributed by atoms with E-state index in [1.165, 1.54) is 21.8 Å². The lowest BCUT2D eigenvalue weighted by Crippen LogP contribution is -2.41. The Kier molecular flexibility index (Phi) is 7.63. The first-order chi connectivity index (χ1) is 23.7. The topological polar surface area (TPSA) is 45.1 Å². The Balaban J connectivity index is 1.17. The Morgan fingerprint density at radius 1 is 0.420 bits per heavy atom. The number of rotatable bonds is 6. The predicted octanol–water partition coefficient (Wildman–Crippen LogP) is 8.85. The van der Waals surface area contributed by atoms with Crippen LogP contribution in [0.15, 0.2) is 121 Å². The van der Waals surface area contributed by atoms with Crippen LogP contribution in [0.5, 0.6) is 0 Å². The van der Waals surface area contributed by atoms with E-state index in [0.717, 1.165) is 33.7 Å². The van der Waals surface area contributed by atoms with Crippen molar-refractivity contribution in [1.82, 2.24) is 4.57 Å². The van der Waals surface area contributed by atoms with Gasteiger partial charge >= 0.3 is 14.2 Å². The second-order valence-corrected chi connectivity index (χ2v) is 15.6. The average Bonchev–Trinajstić information content (AvgIpc) is 3.63. The van der Waals surface area contributed by atoms with Crippen molar-refractivity contribution < 1.29 is 18.6 Å². The summed E-state index contributed by atoms with van der Waals surface area (Å²) in [6.45, 7) is 16.7. The number of aromatic nitrogens is 1. The monoisotopic (exact) mass is 662 g/mol. The van der Waals surface area contributed by atoms with E-state index in [1.54, 1.807) is 0 Å². The smallest absolute Gasteiger partial charge is 0.399 e. The number of para-hydroxylation sites is 2. The van der Waals surface area contributed by atoms with E-state index >= 15 is 0 Å². The molecule has 0 atom stereocenters. The van der Waals surface area contributed by atoms with Gasteiger partial charge in [0, 0.05) is 33.5 Å². The van der Waals surface area contributed by atoms with E-state index in [2.05, 4.69) is 186 Å². The van der Waals surface area contributed by atoms with Crippen molar-refractivity contribution in [1.29, 1.82) is 0 Å². The third-order valence-corrected chi connectivity index (χ3v) is 11.3. The lowest BCUT2D eigenvalue weighted by Gasteiger charge is -2.32. The Bertz CT molecular complexity index is 2020.